The second-order valence-corrected chi connectivity index (χ2v) is 2.35. The predicted octanol–water partition coefficient (Wildman–Crippen LogP) is -1.08. The Hall–Kier alpha value is -0.610. The molecule has 0 aromatic carbocycles. The Kier molecular flexibility index (Phi) is 2.24. The summed E-state index contributed by atoms with van der Waals surface area (Å²) in [4.78, 5) is 12.1. The largest absolute Gasteiger partial charge is 0.392 e. The molecule has 58 valence electrons. The average Bonchev–Trinajstić information content (AvgIpc) is 2.34. The maximum Gasteiger partial charge on any atom is 0.224 e. The minimum atomic E-state index is -0.991. The standard InChI is InChI=1S/C6H11NO3/c8-4-6(10)7-3-1-2-5(7)9/h6,8,10H,1-4H2. The van der Waals surface area contributed by atoms with Crippen LogP contribution in [-0.4, -0.2) is 40.4 Å². The monoisotopic (exact) mass is 145 g/mol. The van der Waals surface area contributed by atoms with Crippen LogP contribution >= 0.6 is 0 Å². The van der Waals surface area contributed by atoms with E-state index in [9.17, 15) is 4.79 Å². The Labute approximate surface area is 59.1 Å². The molecule has 0 aromatic rings. The smallest absolute Gasteiger partial charge is 0.224 e. The first-order valence-electron chi connectivity index (χ1n) is 3.34. The second kappa shape index (κ2) is 2.98. The zero-order chi connectivity index (χ0) is 7.56. The van der Waals surface area contributed by atoms with Gasteiger partial charge in [0, 0.05) is 13.0 Å². The van der Waals surface area contributed by atoms with Crippen LogP contribution in [0.15, 0.2) is 0 Å². The molecule has 0 aromatic heterocycles. The third kappa shape index (κ3) is 1.27. The van der Waals surface area contributed by atoms with Gasteiger partial charge in [-0.3, -0.25) is 4.79 Å². The van der Waals surface area contributed by atoms with E-state index in [1.54, 1.807) is 0 Å². The normalized spacial score (nSPS) is 21.8. The van der Waals surface area contributed by atoms with Crippen molar-refractivity contribution in [3.63, 3.8) is 0 Å². The van der Waals surface area contributed by atoms with E-state index in [4.69, 9.17) is 10.2 Å². The number of likely N-dealkylation sites (tertiary alicyclic amines) is 1. The highest BCUT2D eigenvalue weighted by atomic mass is 16.3. The fraction of sp³-hybridized carbons (Fsp3) is 0.833. The van der Waals surface area contributed by atoms with E-state index in [-0.39, 0.29) is 12.5 Å². The summed E-state index contributed by atoms with van der Waals surface area (Å²) < 4.78 is 0. The molecule has 4 nitrogen and oxygen atoms in total. The summed E-state index contributed by atoms with van der Waals surface area (Å²) in [5, 5.41) is 17.5. The summed E-state index contributed by atoms with van der Waals surface area (Å²) in [6.07, 6.45) is 0.294. The van der Waals surface area contributed by atoms with Gasteiger partial charge >= 0.3 is 0 Å². The number of aliphatic hydroxyl groups excluding tert-OH is 2. The van der Waals surface area contributed by atoms with Crippen molar-refractivity contribution in [2.45, 2.75) is 19.1 Å². The molecule has 0 radical (unpaired) electrons. The number of amides is 1. The Morgan fingerprint density at radius 3 is 2.80 bits per heavy atom. The fourth-order valence-corrected chi connectivity index (χ4v) is 1.08. The van der Waals surface area contributed by atoms with Gasteiger partial charge in [-0.2, -0.15) is 0 Å². The third-order valence-corrected chi connectivity index (χ3v) is 1.63. The van der Waals surface area contributed by atoms with Gasteiger partial charge in [0.15, 0.2) is 6.23 Å². The Morgan fingerprint density at radius 1 is 1.70 bits per heavy atom. The van der Waals surface area contributed by atoms with Crippen LogP contribution in [0.5, 0.6) is 0 Å². The summed E-state index contributed by atoms with van der Waals surface area (Å²) in [5.41, 5.74) is 0. The van der Waals surface area contributed by atoms with Crippen LogP contribution in [0.25, 0.3) is 0 Å². The number of carbonyl (C=O) groups is 1. The Bertz CT molecular complexity index is 137. The minimum Gasteiger partial charge on any atom is -0.392 e. The first-order valence-corrected chi connectivity index (χ1v) is 3.34. The number of hydrogen-bond donors (Lipinski definition) is 2. The molecule has 1 amide bonds. The quantitative estimate of drug-likeness (QED) is 0.519. The van der Waals surface area contributed by atoms with E-state index in [1.165, 1.54) is 4.90 Å². The van der Waals surface area contributed by atoms with Crippen LogP contribution in [0.4, 0.5) is 0 Å². The molecule has 4 heteroatoms. The van der Waals surface area contributed by atoms with Crippen LogP contribution in [-0.2, 0) is 4.79 Å². The lowest BCUT2D eigenvalue weighted by atomic mass is 10.4. The van der Waals surface area contributed by atoms with E-state index in [0.717, 1.165) is 6.42 Å². The molecule has 1 rings (SSSR count). The Balaban J connectivity index is 2.46. The van der Waals surface area contributed by atoms with Gasteiger partial charge in [0.2, 0.25) is 5.91 Å². The lowest BCUT2D eigenvalue weighted by Gasteiger charge is -2.20. The van der Waals surface area contributed by atoms with Crippen LogP contribution in [0.1, 0.15) is 12.8 Å². The highest BCUT2D eigenvalue weighted by Gasteiger charge is 2.25. The SMILES string of the molecule is O=C1CCCN1C(O)CO. The first-order chi connectivity index (χ1) is 4.75. The molecular weight excluding hydrogens is 134 g/mol. The topological polar surface area (TPSA) is 60.8 Å². The maximum atomic E-state index is 10.8. The molecule has 1 aliphatic heterocycles. The van der Waals surface area contributed by atoms with Crippen LogP contribution in [0, 0.1) is 0 Å². The second-order valence-electron chi connectivity index (χ2n) is 2.35. The van der Waals surface area contributed by atoms with Crippen molar-refractivity contribution in [2.75, 3.05) is 13.2 Å². The molecule has 0 bridgehead atoms. The van der Waals surface area contributed by atoms with E-state index < -0.39 is 6.23 Å². The van der Waals surface area contributed by atoms with Gasteiger partial charge in [-0.15, -0.1) is 0 Å². The Morgan fingerprint density at radius 2 is 2.40 bits per heavy atom. The third-order valence-electron chi connectivity index (χ3n) is 1.63. The zero-order valence-corrected chi connectivity index (χ0v) is 5.66. The van der Waals surface area contributed by atoms with Crippen molar-refractivity contribution in [2.24, 2.45) is 0 Å². The van der Waals surface area contributed by atoms with Crippen LogP contribution < -0.4 is 0 Å². The van der Waals surface area contributed by atoms with Crippen LogP contribution in [0.2, 0.25) is 0 Å². The maximum absolute atomic E-state index is 10.8. The summed E-state index contributed by atoms with van der Waals surface area (Å²) in [7, 11) is 0. The molecule has 0 spiro atoms. The van der Waals surface area contributed by atoms with Gasteiger partial charge in [-0.05, 0) is 6.42 Å². The van der Waals surface area contributed by atoms with Crippen molar-refractivity contribution in [3.8, 4) is 0 Å². The van der Waals surface area contributed by atoms with Gasteiger partial charge in [-0.25, -0.2) is 0 Å². The summed E-state index contributed by atoms with van der Waals surface area (Å²) in [6, 6.07) is 0. The number of nitrogens with zero attached hydrogens (tertiary/aromatic N) is 1. The van der Waals surface area contributed by atoms with Crippen molar-refractivity contribution < 1.29 is 15.0 Å². The van der Waals surface area contributed by atoms with Gasteiger partial charge < -0.3 is 15.1 Å². The zero-order valence-electron chi connectivity index (χ0n) is 5.66. The van der Waals surface area contributed by atoms with Crippen LogP contribution in [0.3, 0.4) is 0 Å². The lowest BCUT2D eigenvalue weighted by Crippen LogP contribution is -2.38. The molecule has 2 N–H and O–H groups in total. The van der Waals surface area contributed by atoms with Gasteiger partial charge in [0.05, 0.1) is 6.61 Å². The predicted molar refractivity (Wildman–Crippen MR) is 34.0 cm³/mol. The summed E-state index contributed by atoms with van der Waals surface area (Å²) in [6.45, 7) is 0.201. The van der Waals surface area contributed by atoms with Gasteiger partial charge in [0.25, 0.3) is 0 Å². The molecule has 10 heavy (non-hydrogen) atoms. The van der Waals surface area contributed by atoms with E-state index in [2.05, 4.69) is 0 Å². The van der Waals surface area contributed by atoms with Gasteiger partial charge in [-0.1, -0.05) is 0 Å². The molecule has 0 saturated carbocycles. The number of aliphatic hydroxyl groups is 2. The minimum absolute atomic E-state index is 0.0680. The fourth-order valence-electron chi connectivity index (χ4n) is 1.08. The lowest BCUT2D eigenvalue weighted by molar-refractivity contribution is -0.138. The van der Waals surface area contributed by atoms with E-state index in [1.807, 2.05) is 0 Å². The van der Waals surface area contributed by atoms with Crippen molar-refractivity contribution >= 4 is 5.91 Å². The van der Waals surface area contributed by atoms with Crippen molar-refractivity contribution in [3.05, 3.63) is 0 Å². The molecule has 1 fully saturated rings. The molecule has 1 saturated heterocycles. The number of rotatable bonds is 2. The average molecular weight is 145 g/mol. The molecule has 1 atom stereocenters. The van der Waals surface area contributed by atoms with E-state index >= 15 is 0 Å². The van der Waals surface area contributed by atoms with E-state index in [0.29, 0.717) is 13.0 Å². The van der Waals surface area contributed by atoms with Gasteiger partial charge in [0.1, 0.15) is 0 Å². The number of hydrogen-bond acceptors (Lipinski definition) is 3. The highest BCUT2D eigenvalue weighted by molar-refractivity contribution is 5.78. The highest BCUT2D eigenvalue weighted by Crippen LogP contribution is 2.11. The molecule has 1 aliphatic rings. The van der Waals surface area contributed by atoms with Crippen molar-refractivity contribution in [1.82, 2.24) is 4.90 Å². The summed E-state index contributed by atoms with van der Waals surface area (Å²) >= 11 is 0. The molecule has 1 unspecified atom stereocenters. The first kappa shape index (κ1) is 7.50. The molecule has 0 aliphatic carbocycles. The molecular formula is C6H11NO3. The number of carbonyl (C=O) groups excluding carboxylic acids is 1. The summed E-state index contributed by atoms with van der Waals surface area (Å²) in [5.74, 6) is -0.0680. The van der Waals surface area contributed by atoms with Crippen molar-refractivity contribution in [1.29, 1.82) is 0 Å². The molecule has 1 heterocycles.